The summed E-state index contributed by atoms with van der Waals surface area (Å²) in [6.07, 6.45) is 11.9. The van der Waals surface area contributed by atoms with Gasteiger partial charge in [-0.25, -0.2) is 0 Å². The Kier molecular flexibility index (Phi) is 5.58. The summed E-state index contributed by atoms with van der Waals surface area (Å²) < 4.78 is 7.07. The number of fused-ring (bicyclic) bond motifs is 6. The minimum atomic E-state index is -0.0972. The van der Waals surface area contributed by atoms with Gasteiger partial charge < -0.3 is 14.7 Å². The molecule has 5 fully saturated rings. The molecule has 4 aliphatic carbocycles. The number of amides is 1. The molecule has 6 aliphatic rings. The summed E-state index contributed by atoms with van der Waals surface area (Å²) in [5.74, 6) is 4.21. The number of ether oxygens (including phenoxy) is 1. The highest BCUT2D eigenvalue weighted by molar-refractivity contribution is 5.74. The summed E-state index contributed by atoms with van der Waals surface area (Å²) in [6.45, 7) is 12.3. The number of aliphatic hydroxyl groups is 1. The van der Waals surface area contributed by atoms with Gasteiger partial charge in [-0.05, 0) is 106 Å². The van der Waals surface area contributed by atoms with Crippen molar-refractivity contribution in [1.82, 2.24) is 4.90 Å². The van der Waals surface area contributed by atoms with E-state index in [1.807, 2.05) is 0 Å². The SMILES string of the molecule is CC(=O)N1C[C@@H](C)C[C@H]2O[C@]3(CC[C@@H]4C(=C(C)C3)C[C@H]3[C@H]4CC[C@@H]4CC(O)CC[C@@]43C)[C@H](C)[C@@H]21. The molecule has 190 valence electrons. The first-order chi connectivity index (χ1) is 16.1. The van der Waals surface area contributed by atoms with Crippen LogP contribution in [0.2, 0.25) is 0 Å². The van der Waals surface area contributed by atoms with Gasteiger partial charge in [0, 0.05) is 19.4 Å². The van der Waals surface area contributed by atoms with E-state index in [-0.39, 0.29) is 29.8 Å². The average molecular weight is 470 g/mol. The van der Waals surface area contributed by atoms with E-state index in [1.165, 1.54) is 32.1 Å². The number of aliphatic hydroxyl groups excluding tert-OH is 1. The maximum Gasteiger partial charge on any atom is 0.219 e. The quantitative estimate of drug-likeness (QED) is 0.461. The van der Waals surface area contributed by atoms with Crippen molar-refractivity contribution in [2.24, 2.45) is 40.9 Å². The van der Waals surface area contributed by atoms with E-state index in [4.69, 9.17) is 4.74 Å². The Morgan fingerprint density at radius 2 is 1.91 bits per heavy atom. The number of hydrogen-bond acceptors (Lipinski definition) is 3. The second kappa shape index (κ2) is 8.07. The van der Waals surface area contributed by atoms with Crippen molar-refractivity contribution in [1.29, 1.82) is 0 Å². The maximum absolute atomic E-state index is 12.6. The molecule has 1 unspecified atom stereocenters. The molecule has 3 saturated carbocycles. The molecule has 2 saturated heterocycles. The third-order valence-corrected chi connectivity index (χ3v) is 12.1. The zero-order valence-corrected chi connectivity index (χ0v) is 22.2. The predicted octanol–water partition coefficient (Wildman–Crippen LogP) is 5.73. The molecule has 11 atom stereocenters. The Balaban J connectivity index is 1.28. The number of likely N-dealkylation sites (tertiary alicyclic amines) is 1. The number of nitrogens with zero attached hydrogens (tertiary/aromatic N) is 1. The molecule has 34 heavy (non-hydrogen) atoms. The molecular weight excluding hydrogens is 422 g/mol. The summed E-state index contributed by atoms with van der Waals surface area (Å²) in [4.78, 5) is 14.7. The van der Waals surface area contributed by atoms with Crippen molar-refractivity contribution in [2.45, 2.75) is 123 Å². The molecule has 4 heteroatoms. The maximum atomic E-state index is 12.6. The van der Waals surface area contributed by atoms with Crippen LogP contribution in [0.1, 0.15) is 98.8 Å². The van der Waals surface area contributed by atoms with E-state index in [2.05, 4.69) is 32.6 Å². The fraction of sp³-hybridized carbons (Fsp3) is 0.900. The lowest BCUT2D eigenvalue weighted by atomic mass is 9.52. The third kappa shape index (κ3) is 3.33. The Bertz CT molecular complexity index is 882. The zero-order valence-electron chi connectivity index (χ0n) is 22.2. The fourth-order valence-corrected chi connectivity index (χ4v) is 10.4. The van der Waals surface area contributed by atoms with Crippen LogP contribution in [0, 0.1) is 40.9 Å². The minimum Gasteiger partial charge on any atom is -0.393 e. The van der Waals surface area contributed by atoms with Crippen LogP contribution in [0.3, 0.4) is 0 Å². The number of carbonyl (C=O) groups is 1. The number of piperidine rings is 1. The van der Waals surface area contributed by atoms with Crippen molar-refractivity contribution in [3.8, 4) is 0 Å². The molecule has 6 rings (SSSR count). The largest absolute Gasteiger partial charge is 0.393 e. The van der Waals surface area contributed by atoms with Gasteiger partial charge in [0.2, 0.25) is 5.91 Å². The van der Waals surface area contributed by atoms with Crippen LogP contribution in [0.5, 0.6) is 0 Å². The Labute approximate surface area is 206 Å². The molecule has 0 bridgehead atoms. The minimum absolute atomic E-state index is 0.0656. The van der Waals surface area contributed by atoms with Crippen LogP contribution in [0.4, 0.5) is 0 Å². The monoisotopic (exact) mass is 469 g/mol. The van der Waals surface area contributed by atoms with E-state index in [1.54, 1.807) is 18.1 Å². The fourth-order valence-electron chi connectivity index (χ4n) is 10.4. The molecular formula is C30H47NO3. The van der Waals surface area contributed by atoms with Gasteiger partial charge in [0.1, 0.15) is 0 Å². The van der Waals surface area contributed by atoms with Crippen molar-refractivity contribution < 1.29 is 14.6 Å². The molecule has 0 radical (unpaired) electrons. The lowest BCUT2D eigenvalue weighted by molar-refractivity contribution is -0.137. The summed E-state index contributed by atoms with van der Waals surface area (Å²) in [7, 11) is 0. The first-order valence-electron chi connectivity index (χ1n) is 14.4. The van der Waals surface area contributed by atoms with Gasteiger partial charge >= 0.3 is 0 Å². The van der Waals surface area contributed by atoms with Crippen LogP contribution in [-0.4, -0.2) is 46.3 Å². The number of allylic oxidation sites excluding steroid dienone is 1. The summed E-state index contributed by atoms with van der Waals surface area (Å²) in [5.41, 5.74) is 3.71. The average Bonchev–Trinajstić information content (AvgIpc) is 3.24. The summed E-state index contributed by atoms with van der Waals surface area (Å²) >= 11 is 0. The highest BCUT2D eigenvalue weighted by atomic mass is 16.5. The summed E-state index contributed by atoms with van der Waals surface area (Å²) in [6, 6.07) is 0.250. The van der Waals surface area contributed by atoms with Gasteiger partial charge in [0.15, 0.2) is 0 Å². The van der Waals surface area contributed by atoms with Crippen LogP contribution in [0.15, 0.2) is 11.1 Å². The van der Waals surface area contributed by atoms with Crippen molar-refractivity contribution in [3.05, 3.63) is 11.1 Å². The lowest BCUT2D eigenvalue weighted by Gasteiger charge is -2.53. The molecule has 2 heterocycles. The third-order valence-electron chi connectivity index (χ3n) is 12.1. The number of hydrogen-bond donors (Lipinski definition) is 1. The van der Waals surface area contributed by atoms with E-state index < -0.39 is 0 Å². The van der Waals surface area contributed by atoms with Gasteiger partial charge in [0.25, 0.3) is 0 Å². The number of rotatable bonds is 0. The Morgan fingerprint density at radius 1 is 1.12 bits per heavy atom. The normalized spacial score (nSPS) is 52.6. The Hall–Kier alpha value is -0.870. The van der Waals surface area contributed by atoms with E-state index >= 15 is 0 Å². The molecule has 1 N–H and O–H groups in total. The molecule has 0 aromatic heterocycles. The van der Waals surface area contributed by atoms with Crippen molar-refractivity contribution in [2.75, 3.05) is 6.54 Å². The van der Waals surface area contributed by atoms with Crippen LogP contribution in [-0.2, 0) is 9.53 Å². The highest BCUT2D eigenvalue weighted by Gasteiger charge is 2.60. The van der Waals surface area contributed by atoms with Gasteiger partial charge in [-0.2, -0.15) is 0 Å². The van der Waals surface area contributed by atoms with E-state index in [0.29, 0.717) is 23.2 Å². The highest BCUT2D eigenvalue weighted by Crippen LogP contribution is 2.65. The van der Waals surface area contributed by atoms with Crippen molar-refractivity contribution >= 4 is 5.91 Å². The topological polar surface area (TPSA) is 49.8 Å². The molecule has 0 aromatic carbocycles. The standard InChI is InChI=1S/C30H47NO3/c1-17-12-27-28(31(16-17)20(4)32)19(3)30(34-27)11-9-23-24-7-6-21-13-22(33)8-10-29(21,5)26(24)14-25(23)18(2)15-30/h17,19,21-24,26-28,33H,6-16H2,1-5H3/t17-,19+,21+,22?,23-,24-,26-,27+,28-,29-,30-/m0/s1. The van der Waals surface area contributed by atoms with Crippen LogP contribution < -0.4 is 0 Å². The first-order valence-corrected chi connectivity index (χ1v) is 14.4. The molecule has 1 amide bonds. The molecule has 4 nitrogen and oxygen atoms in total. The van der Waals surface area contributed by atoms with Gasteiger partial charge in [-0.15, -0.1) is 0 Å². The molecule has 1 spiro atoms. The van der Waals surface area contributed by atoms with Crippen LogP contribution in [0.25, 0.3) is 0 Å². The van der Waals surface area contributed by atoms with Crippen LogP contribution >= 0.6 is 0 Å². The lowest BCUT2D eigenvalue weighted by Crippen LogP contribution is -2.53. The molecule has 0 aromatic rings. The number of carbonyl (C=O) groups excluding carboxylic acids is 1. The van der Waals surface area contributed by atoms with Gasteiger partial charge in [-0.1, -0.05) is 31.9 Å². The summed E-state index contributed by atoms with van der Waals surface area (Å²) in [5, 5.41) is 10.3. The zero-order chi connectivity index (χ0) is 24.0. The van der Waals surface area contributed by atoms with Gasteiger partial charge in [-0.3, -0.25) is 4.79 Å². The van der Waals surface area contributed by atoms with E-state index in [9.17, 15) is 9.90 Å². The first kappa shape index (κ1) is 23.5. The van der Waals surface area contributed by atoms with Crippen molar-refractivity contribution in [3.63, 3.8) is 0 Å². The van der Waals surface area contributed by atoms with E-state index in [0.717, 1.165) is 56.4 Å². The Morgan fingerprint density at radius 3 is 2.68 bits per heavy atom. The van der Waals surface area contributed by atoms with Gasteiger partial charge in [0.05, 0.1) is 23.9 Å². The molecule has 2 aliphatic heterocycles. The predicted molar refractivity (Wildman–Crippen MR) is 134 cm³/mol. The second-order valence-corrected chi connectivity index (χ2v) is 13.8. The smallest absolute Gasteiger partial charge is 0.219 e. The second-order valence-electron chi connectivity index (χ2n) is 13.8.